The van der Waals surface area contributed by atoms with Crippen molar-refractivity contribution in [1.29, 1.82) is 0 Å². The molecule has 0 aliphatic carbocycles. The Hall–Kier alpha value is 0.0600. The average Bonchev–Trinajstić information content (AvgIpc) is 2.28. The van der Waals surface area contributed by atoms with Gasteiger partial charge in [0.2, 0.25) is 0 Å². The van der Waals surface area contributed by atoms with Crippen LogP contribution in [0.25, 0.3) is 0 Å². The van der Waals surface area contributed by atoms with E-state index in [1.54, 1.807) is 0 Å². The molecule has 1 saturated heterocycles. The van der Waals surface area contributed by atoms with Crippen LogP contribution in [0.1, 0.15) is 12.8 Å². The summed E-state index contributed by atoms with van der Waals surface area (Å²) in [4.78, 5) is 2.43. The van der Waals surface area contributed by atoms with Crippen molar-refractivity contribution in [2.24, 2.45) is 0 Å². The van der Waals surface area contributed by atoms with Crippen molar-refractivity contribution in [3.63, 3.8) is 0 Å². The number of hydrogen-bond acceptors (Lipinski definition) is 2. The largest absolute Gasteiger partial charge is 0.315 e. The van der Waals surface area contributed by atoms with Crippen LogP contribution in [0, 0.1) is 12.3 Å². The van der Waals surface area contributed by atoms with Gasteiger partial charge in [-0.15, -0.1) is 37.2 Å². The number of nitrogens with one attached hydrogen (secondary N) is 1. The molecule has 0 spiro atoms. The second-order valence-corrected chi connectivity index (χ2v) is 2.90. The lowest BCUT2D eigenvalue weighted by molar-refractivity contribution is 0.300. The molecule has 0 amide bonds. The summed E-state index contributed by atoms with van der Waals surface area (Å²) in [5.74, 6) is 2.67. The van der Waals surface area contributed by atoms with Crippen molar-refractivity contribution in [3.05, 3.63) is 0 Å². The maximum absolute atomic E-state index is 5.19. The summed E-state index contributed by atoms with van der Waals surface area (Å²) >= 11 is 0. The number of hydrogen-bond donors (Lipinski definition) is 1. The lowest BCUT2D eigenvalue weighted by Crippen LogP contribution is -2.28. The van der Waals surface area contributed by atoms with Crippen LogP contribution < -0.4 is 5.32 Å². The average molecular weight is 225 g/mol. The molecule has 0 unspecified atom stereocenters. The second kappa shape index (κ2) is 10.1. The van der Waals surface area contributed by atoms with Crippen LogP contribution in [0.4, 0.5) is 0 Å². The standard InChI is InChI=1S/C9H16N2.2ClH/c1-2-3-7-11-8-4-5-10-6-9-11;;/h1,10H,3-9H2;2*1H. The fraction of sp³-hybridized carbons (Fsp3) is 0.778. The van der Waals surface area contributed by atoms with E-state index in [2.05, 4.69) is 16.1 Å². The number of rotatable bonds is 2. The molecule has 0 saturated carbocycles. The summed E-state index contributed by atoms with van der Waals surface area (Å²) in [6, 6.07) is 0. The molecule has 0 aromatic heterocycles. The molecule has 1 heterocycles. The van der Waals surface area contributed by atoms with Crippen molar-refractivity contribution in [1.82, 2.24) is 10.2 Å². The highest BCUT2D eigenvalue weighted by Crippen LogP contribution is 1.95. The van der Waals surface area contributed by atoms with Gasteiger partial charge < -0.3 is 10.2 Å². The Morgan fingerprint density at radius 1 is 1.23 bits per heavy atom. The van der Waals surface area contributed by atoms with Gasteiger partial charge in [0.15, 0.2) is 0 Å². The van der Waals surface area contributed by atoms with Crippen LogP contribution in [0.15, 0.2) is 0 Å². The molecule has 78 valence electrons. The van der Waals surface area contributed by atoms with E-state index in [0.717, 1.165) is 32.6 Å². The number of terminal acetylenes is 1. The molecule has 13 heavy (non-hydrogen) atoms. The third-order valence-electron chi connectivity index (χ3n) is 2.01. The first-order valence-electron chi connectivity index (χ1n) is 4.30. The van der Waals surface area contributed by atoms with E-state index in [0.29, 0.717) is 0 Å². The molecule has 1 aliphatic heterocycles. The third kappa shape index (κ3) is 7.16. The normalized spacial score (nSPS) is 17.5. The van der Waals surface area contributed by atoms with Gasteiger partial charge >= 0.3 is 0 Å². The fourth-order valence-electron chi connectivity index (χ4n) is 1.35. The smallest absolute Gasteiger partial charge is 0.0214 e. The van der Waals surface area contributed by atoms with E-state index in [1.807, 2.05) is 0 Å². The summed E-state index contributed by atoms with van der Waals surface area (Å²) in [7, 11) is 0. The zero-order valence-electron chi connectivity index (χ0n) is 7.79. The number of nitrogens with zero attached hydrogens (tertiary/aromatic N) is 1. The summed E-state index contributed by atoms with van der Waals surface area (Å²) < 4.78 is 0. The van der Waals surface area contributed by atoms with Crippen molar-refractivity contribution < 1.29 is 0 Å². The predicted octanol–water partition coefficient (Wildman–Crippen LogP) is 1.15. The Morgan fingerprint density at radius 2 is 2.00 bits per heavy atom. The van der Waals surface area contributed by atoms with Gasteiger partial charge in [-0.1, -0.05) is 0 Å². The Morgan fingerprint density at radius 3 is 2.69 bits per heavy atom. The summed E-state index contributed by atoms with van der Waals surface area (Å²) in [6.07, 6.45) is 7.34. The molecular formula is C9H18Cl2N2. The van der Waals surface area contributed by atoms with Gasteiger partial charge in [-0.25, -0.2) is 0 Å². The Kier molecular flexibility index (Phi) is 12.1. The van der Waals surface area contributed by atoms with Crippen LogP contribution in [0.2, 0.25) is 0 Å². The summed E-state index contributed by atoms with van der Waals surface area (Å²) in [5.41, 5.74) is 0. The Balaban J connectivity index is 0. The molecule has 1 N–H and O–H groups in total. The number of halogens is 2. The lowest BCUT2D eigenvalue weighted by Gasteiger charge is -2.17. The van der Waals surface area contributed by atoms with Gasteiger partial charge in [-0.2, -0.15) is 0 Å². The molecule has 0 radical (unpaired) electrons. The highest BCUT2D eigenvalue weighted by atomic mass is 35.5. The van der Waals surface area contributed by atoms with E-state index in [1.165, 1.54) is 13.0 Å². The molecule has 4 heteroatoms. The van der Waals surface area contributed by atoms with Crippen LogP contribution in [-0.4, -0.2) is 37.6 Å². The van der Waals surface area contributed by atoms with Crippen LogP contribution in [0.3, 0.4) is 0 Å². The van der Waals surface area contributed by atoms with E-state index in [9.17, 15) is 0 Å². The van der Waals surface area contributed by atoms with Crippen LogP contribution in [-0.2, 0) is 0 Å². The maximum Gasteiger partial charge on any atom is 0.0214 e. The molecule has 0 atom stereocenters. The summed E-state index contributed by atoms with van der Waals surface area (Å²) in [5, 5.41) is 3.36. The SMILES string of the molecule is C#CCCN1CCCNCC1.Cl.Cl. The lowest BCUT2D eigenvalue weighted by atomic mass is 10.3. The first-order valence-corrected chi connectivity index (χ1v) is 4.30. The van der Waals surface area contributed by atoms with Crippen LogP contribution >= 0.6 is 24.8 Å². The summed E-state index contributed by atoms with van der Waals surface area (Å²) in [6.45, 7) is 5.70. The van der Waals surface area contributed by atoms with E-state index in [4.69, 9.17) is 6.42 Å². The van der Waals surface area contributed by atoms with Crippen LogP contribution in [0.5, 0.6) is 0 Å². The quantitative estimate of drug-likeness (QED) is 0.709. The van der Waals surface area contributed by atoms with Gasteiger partial charge in [0, 0.05) is 26.1 Å². The minimum atomic E-state index is 0. The van der Waals surface area contributed by atoms with Gasteiger partial charge in [0.25, 0.3) is 0 Å². The highest BCUT2D eigenvalue weighted by molar-refractivity contribution is 5.85. The predicted molar refractivity (Wildman–Crippen MR) is 61.9 cm³/mol. The molecule has 1 aliphatic rings. The highest BCUT2D eigenvalue weighted by Gasteiger charge is 2.06. The fourth-order valence-corrected chi connectivity index (χ4v) is 1.35. The molecule has 1 rings (SSSR count). The van der Waals surface area contributed by atoms with E-state index >= 15 is 0 Å². The molecule has 1 fully saturated rings. The second-order valence-electron chi connectivity index (χ2n) is 2.90. The first-order chi connectivity index (χ1) is 5.43. The molecular weight excluding hydrogens is 207 g/mol. The van der Waals surface area contributed by atoms with Crippen molar-refractivity contribution in [3.8, 4) is 12.3 Å². The van der Waals surface area contributed by atoms with Gasteiger partial charge in [0.05, 0.1) is 0 Å². The van der Waals surface area contributed by atoms with Gasteiger partial charge in [-0.3, -0.25) is 0 Å². The van der Waals surface area contributed by atoms with E-state index < -0.39 is 0 Å². The molecule has 0 aromatic rings. The van der Waals surface area contributed by atoms with Crippen molar-refractivity contribution >= 4 is 24.8 Å². The van der Waals surface area contributed by atoms with Gasteiger partial charge in [-0.05, 0) is 19.5 Å². The first kappa shape index (κ1) is 15.5. The molecule has 0 aromatic carbocycles. The van der Waals surface area contributed by atoms with E-state index in [-0.39, 0.29) is 24.8 Å². The Bertz CT molecular complexity index is 137. The monoisotopic (exact) mass is 224 g/mol. The topological polar surface area (TPSA) is 15.3 Å². The minimum absolute atomic E-state index is 0. The zero-order valence-corrected chi connectivity index (χ0v) is 9.42. The van der Waals surface area contributed by atoms with Crippen molar-refractivity contribution in [2.45, 2.75) is 12.8 Å². The minimum Gasteiger partial charge on any atom is -0.315 e. The van der Waals surface area contributed by atoms with Crippen molar-refractivity contribution in [2.75, 3.05) is 32.7 Å². The van der Waals surface area contributed by atoms with Gasteiger partial charge in [0.1, 0.15) is 0 Å². The molecule has 2 nitrogen and oxygen atoms in total. The maximum atomic E-state index is 5.19. The molecule has 0 bridgehead atoms. The Labute approximate surface area is 93.3 Å². The third-order valence-corrected chi connectivity index (χ3v) is 2.01. The zero-order chi connectivity index (χ0) is 7.94.